The predicted octanol–water partition coefficient (Wildman–Crippen LogP) is 3.11. The van der Waals surface area contributed by atoms with Gasteiger partial charge < -0.3 is 10.1 Å². The molecule has 0 bridgehead atoms. The summed E-state index contributed by atoms with van der Waals surface area (Å²) in [7, 11) is 0. The van der Waals surface area contributed by atoms with Crippen molar-refractivity contribution in [3.63, 3.8) is 0 Å². The first-order valence-electron chi connectivity index (χ1n) is 6.41. The third-order valence-corrected chi connectivity index (χ3v) is 3.06. The summed E-state index contributed by atoms with van der Waals surface area (Å²) in [5, 5.41) is 3.17. The van der Waals surface area contributed by atoms with Crippen LogP contribution in [-0.4, -0.2) is 13.2 Å². The van der Waals surface area contributed by atoms with E-state index in [2.05, 4.69) is 5.32 Å². The van der Waals surface area contributed by atoms with Gasteiger partial charge in [0.2, 0.25) is 0 Å². The zero-order valence-electron chi connectivity index (χ0n) is 10.3. The Morgan fingerprint density at radius 1 is 1.41 bits per heavy atom. The molecule has 0 radical (unpaired) electrons. The average molecular weight is 237 g/mol. The number of hydrogen-bond donors (Lipinski definition) is 1. The predicted molar refractivity (Wildman–Crippen MR) is 66.6 cm³/mol. The van der Waals surface area contributed by atoms with Crippen LogP contribution in [0.4, 0.5) is 4.39 Å². The van der Waals surface area contributed by atoms with Crippen LogP contribution in [0.15, 0.2) is 18.2 Å². The highest BCUT2D eigenvalue weighted by Gasteiger charge is 2.20. The highest BCUT2D eigenvalue weighted by atomic mass is 19.1. The topological polar surface area (TPSA) is 21.3 Å². The maximum atomic E-state index is 13.7. The van der Waals surface area contributed by atoms with E-state index in [1.807, 2.05) is 13.0 Å². The van der Waals surface area contributed by atoms with Crippen LogP contribution < -0.4 is 10.1 Å². The van der Waals surface area contributed by atoms with Gasteiger partial charge in [0.05, 0.1) is 6.61 Å². The van der Waals surface area contributed by atoms with Crippen molar-refractivity contribution in [1.82, 2.24) is 5.32 Å². The summed E-state index contributed by atoms with van der Waals surface area (Å²) in [5.41, 5.74) is 0.957. The lowest BCUT2D eigenvalue weighted by molar-refractivity contribution is 0.288. The minimum absolute atomic E-state index is 0.254. The van der Waals surface area contributed by atoms with E-state index in [1.165, 1.54) is 12.8 Å². The number of rotatable bonds is 7. The molecule has 0 amide bonds. The summed E-state index contributed by atoms with van der Waals surface area (Å²) >= 11 is 0. The van der Waals surface area contributed by atoms with Gasteiger partial charge >= 0.3 is 0 Å². The molecule has 2 rings (SSSR count). The van der Waals surface area contributed by atoms with Gasteiger partial charge in [0.15, 0.2) is 11.6 Å². The first kappa shape index (κ1) is 12.4. The molecule has 3 heteroatoms. The molecule has 1 aromatic carbocycles. The molecule has 0 aliphatic heterocycles. The Kier molecular flexibility index (Phi) is 4.37. The lowest BCUT2D eigenvalue weighted by Gasteiger charge is -2.08. The largest absolute Gasteiger partial charge is 0.491 e. The smallest absolute Gasteiger partial charge is 0.165 e. The maximum absolute atomic E-state index is 13.7. The standard InChI is InChI=1S/C14H20FNO/c1-2-16-10-12-5-6-14(13(15)9-12)17-8-7-11-3-4-11/h5-6,9,11,16H,2-4,7-8,10H2,1H3. The molecule has 17 heavy (non-hydrogen) atoms. The molecule has 1 fully saturated rings. The molecule has 1 aliphatic rings. The Morgan fingerprint density at radius 2 is 2.24 bits per heavy atom. The Bertz CT molecular complexity index is 363. The van der Waals surface area contributed by atoms with Crippen LogP contribution in [0.1, 0.15) is 31.7 Å². The molecule has 0 atom stereocenters. The number of benzene rings is 1. The molecule has 0 aromatic heterocycles. The fraction of sp³-hybridized carbons (Fsp3) is 0.571. The number of halogens is 1. The first-order chi connectivity index (χ1) is 8.29. The first-order valence-corrected chi connectivity index (χ1v) is 6.41. The van der Waals surface area contributed by atoms with Gasteiger partial charge in [-0.1, -0.05) is 25.8 Å². The highest BCUT2D eigenvalue weighted by molar-refractivity contribution is 5.29. The number of hydrogen-bond acceptors (Lipinski definition) is 2. The number of nitrogens with one attached hydrogen (secondary N) is 1. The van der Waals surface area contributed by atoms with E-state index in [-0.39, 0.29) is 5.82 Å². The summed E-state index contributed by atoms with van der Waals surface area (Å²) in [6.45, 7) is 4.26. The highest BCUT2D eigenvalue weighted by Crippen LogP contribution is 2.32. The van der Waals surface area contributed by atoms with E-state index in [0.717, 1.165) is 24.4 Å². The van der Waals surface area contributed by atoms with Crippen molar-refractivity contribution in [3.8, 4) is 5.75 Å². The van der Waals surface area contributed by atoms with E-state index in [1.54, 1.807) is 12.1 Å². The van der Waals surface area contributed by atoms with Gasteiger partial charge in [0.1, 0.15) is 0 Å². The van der Waals surface area contributed by atoms with Gasteiger partial charge in [-0.05, 0) is 36.6 Å². The summed E-state index contributed by atoms with van der Waals surface area (Å²) in [5.74, 6) is 0.952. The minimum Gasteiger partial charge on any atom is -0.491 e. The van der Waals surface area contributed by atoms with Crippen molar-refractivity contribution in [1.29, 1.82) is 0 Å². The summed E-state index contributed by atoms with van der Waals surface area (Å²) in [4.78, 5) is 0. The Morgan fingerprint density at radius 3 is 2.88 bits per heavy atom. The molecular weight excluding hydrogens is 217 g/mol. The van der Waals surface area contributed by atoms with Crippen molar-refractivity contribution in [2.24, 2.45) is 5.92 Å². The Balaban J connectivity index is 1.83. The lowest BCUT2D eigenvalue weighted by atomic mass is 10.2. The molecule has 0 saturated heterocycles. The molecule has 1 aromatic rings. The van der Waals surface area contributed by atoms with Crippen molar-refractivity contribution in [2.45, 2.75) is 32.7 Å². The summed E-state index contributed by atoms with van der Waals surface area (Å²) in [6, 6.07) is 5.20. The number of ether oxygens (including phenoxy) is 1. The van der Waals surface area contributed by atoms with Gasteiger partial charge in [-0.15, -0.1) is 0 Å². The molecule has 94 valence electrons. The fourth-order valence-electron chi connectivity index (χ4n) is 1.78. The Labute approximate surface area is 102 Å². The van der Waals surface area contributed by atoms with Gasteiger partial charge in [-0.3, -0.25) is 0 Å². The third kappa shape index (κ3) is 4.00. The van der Waals surface area contributed by atoms with Crippen LogP contribution in [0.25, 0.3) is 0 Å². The molecule has 2 nitrogen and oxygen atoms in total. The monoisotopic (exact) mass is 237 g/mol. The second-order valence-corrected chi connectivity index (χ2v) is 4.63. The molecule has 1 N–H and O–H groups in total. The van der Waals surface area contributed by atoms with E-state index in [0.29, 0.717) is 18.9 Å². The van der Waals surface area contributed by atoms with E-state index >= 15 is 0 Å². The normalized spacial score (nSPS) is 14.9. The molecular formula is C14H20FNO. The molecule has 0 spiro atoms. The van der Waals surface area contributed by atoms with Crippen LogP contribution in [0.5, 0.6) is 5.75 Å². The second-order valence-electron chi connectivity index (χ2n) is 4.63. The minimum atomic E-state index is -0.254. The SMILES string of the molecule is CCNCc1ccc(OCCC2CC2)c(F)c1. The second kappa shape index (κ2) is 6.01. The zero-order valence-corrected chi connectivity index (χ0v) is 10.3. The van der Waals surface area contributed by atoms with Crippen LogP contribution >= 0.6 is 0 Å². The fourth-order valence-corrected chi connectivity index (χ4v) is 1.78. The van der Waals surface area contributed by atoms with E-state index in [4.69, 9.17) is 4.74 Å². The van der Waals surface area contributed by atoms with Crippen LogP contribution in [0.2, 0.25) is 0 Å². The molecule has 1 saturated carbocycles. The van der Waals surface area contributed by atoms with Crippen molar-refractivity contribution >= 4 is 0 Å². The van der Waals surface area contributed by atoms with Gasteiger partial charge in [-0.25, -0.2) is 4.39 Å². The summed E-state index contributed by atoms with van der Waals surface area (Å²) in [6.07, 6.45) is 3.68. The van der Waals surface area contributed by atoms with Crippen molar-refractivity contribution in [3.05, 3.63) is 29.6 Å². The maximum Gasteiger partial charge on any atom is 0.165 e. The summed E-state index contributed by atoms with van der Waals surface area (Å²) < 4.78 is 19.1. The van der Waals surface area contributed by atoms with Crippen LogP contribution in [-0.2, 0) is 6.54 Å². The molecule has 0 unspecified atom stereocenters. The van der Waals surface area contributed by atoms with E-state index < -0.39 is 0 Å². The molecule has 1 aliphatic carbocycles. The van der Waals surface area contributed by atoms with Gasteiger partial charge in [0.25, 0.3) is 0 Å². The zero-order chi connectivity index (χ0) is 12.1. The van der Waals surface area contributed by atoms with Gasteiger partial charge in [-0.2, -0.15) is 0 Å². The lowest BCUT2D eigenvalue weighted by Crippen LogP contribution is -2.12. The quantitative estimate of drug-likeness (QED) is 0.786. The van der Waals surface area contributed by atoms with Crippen molar-refractivity contribution < 1.29 is 9.13 Å². The van der Waals surface area contributed by atoms with Crippen molar-refractivity contribution in [2.75, 3.05) is 13.2 Å². The van der Waals surface area contributed by atoms with Crippen LogP contribution in [0, 0.1) is 11.7 Å². The third-order valence-electron chi connectivity index (χ3n) is 3.06. The van der Waals surface area contributed by atoms with Crippen LogP contribution in [0.3, 0.4) is 0 Å². The Hall–Kier alpha value is -1.09. The molecule has 0 heterocycles. The average Bonchev–Trinajstić information content (AvgIpc) is 3.13. The van der Waals surface area contributed by atoms with E-state index in [9.17, 15) is 4.39 Å². The van der Waals surface area contributed by atoms with Gasteiger partial charge in [0, 0.05) is 6.54 Å².